The number of carbonyl (C=O) groups excluding carboxylic acids is 2. The van der Waals surface area contributed by atoms with Crippen LogP contribution in [0.15, 0.2) is 0 Å². The van der Waals surface area contributed by atoms with E-state index in [1.807, 2.05) is 0 Å². The maximum absolute atomic E-state index is 9.26. The van der Waals surface area contributed by atoms with Crippen molar-refractivity contribution >= 4 is 11.9 Å². The van der Waals surface area contributed by atoms with Gasteiger partial charge >= 0.3 is 27.3 Å². The van der Waals surface area contributed by atoms with Crippen molar-refractivity contribution in [2.24, 2.45) is 0 Å². The van der Waals surface area contributed by atoms with Crippen LogP contribution >= 0.6 is 0 Å². The summed E-state index contributed by atoms with van der Waals surface area (Å²) in [7, 11) is 0. The molecule has 0 unspecified atom stereocenters. The minimum absolute atomic E-state index is 0. The molecule has 0 amide bonds. The van der Waals surface area contributed by atoms with E-state index in [1.165, 1.54) is 13.8 Å². The number of hydrogen-bond acceptors (Lipinski definition) is 4. The minimum Gasteiger partial charge on any atom is -0.550 e. The molecule has 68 valence electrons. The normalized spacial score (nSPS) is 6.17. The first-order valence-corrected chi connectivity index (χ1v) is 2.94. The Morgan fingerprint density at radius 1 is 1.00 bits per heavy atom. The molecule has 0 aromatic carbocycles. The third-order valence-corrected chi connectivity index (χ3v) is 0.577. The van der Waals surface area contributed by atoms with E-state index in [9.17, 15) is 19.8 Å². The molecule has 0 heterocycles. The molecule has 0 radical (unpaired) electrons. The van der Waals surface area contributed by atoms with Crippen LogP contribution in [0.3, 0.4) is 0 Å². The second-order valence-corrected chi connectivity index (χ2v) is 1.45. The van der Waals surface area contributed by atoms with Gasteiger partial charge in [-0.3, -0.25) is 0 Å². The maximum Gasteiger partial charge on any atom is 2.00 e. The molecule has 0 aliphatic rings. The molecular formula is C6H12CdO5. The maximum atomic E-state index is 9.26. The molecule has 0 aromatic rings. The summed E-state index contributed by atoms with van der Waals surface area (Å²) >= 11 is 0. The van der Waals surface area contributed by atoms with Crippen molar-refractivity contribution in [2.45, 2.75) is 26.7 Å². The topological polar surface area (TPSA) is 112 Å². The Morgan fingerprint density at radius 2 is 1.08 bits per heavy atom. The Kier molecular flexibility index (Phi) is 32.2. The quantitative estimate of drug-likeness (QED) is 0.517. The van der Waals surface area contributed by atoms with Gasteiger partial charge in [0, 0.05) is 11.9 Å². The zero-order valence-electron chi connectivity index (χ0n) is 7.25. The molecule has 0 fully saturated rings. The van der Waals surface area contributed by atoms with Gasteiger partial charge in [0.25, 0.3) is 0 Å². The number of hydrogen-bond donors (Lipinski definition) is 0. The van der Waals surface area contributed by atoms with Crippen molar-refractivity contribution in [1.82, 2.24) is 0 Å². The third kappa shape index (κ3) is 52.3. The van der Waals surface area contributed by atoms with Gasteiger partial charge in [0.05, 0.1) is 0 Å². The van der Waals surface area contributed by atoms with Crippen LogP contribution in [-0.2, 0) is 36.9 Å². The third-order valence-electron chi connectivity index (χ3n) is 0.577. The fourth-order valence-electron chi connectivity index (χ4n) is 0. The van der Waals surface area contributed by atoms with Gasteiger partial charge in [-0.05, 0) is 12.8 Å². The van der Waals surface area contributed by atoms with E-state index in [2.05, 4.69) is 0 Å². The van der Waals surface area contributed by atoms with Crippen LogP contribution in [0.5, 0.6) is 0 Å². The average Bonchev–Trinajstić information content (AvgIpc) is 1.89. The van der Waals surface area contributed by atoms with Gasteiger partial charge in [-0.15, -0.1) is 0 Å². The molecule has 0 aliphatic carbocycles. The zero-order chi connectivity index (χ0) is 8.57. The van der Waals surface area contributed by atoms with Crippen molar-refractivity contribution < 1.29 is 52.6 Å². The predicted molar refractivity (Wildman–Crippen MR) is 34.2 cm³/mol. The molecule has 6 heteroatoms. The summed E-state index contributed by atoms with van der Waals surface area (Å²) in [6.07, 6.45) is 0.222. The average molecular weight is 277 g/mol. The summed E-state index contributed by atoms with van der Waals surface area (Å²) in [5.41, 5.74) is 0. The molecule has 0 saturated carbocycles. The molecular weight excluding hydrogens is 264 g/mol. The fraction of sp³-hybridized carbons (Fsp3) is 0.667. The van der Waals surface area contributed by atoms with Crippen LogP contribution in [0.25, 0.3) is 0 Å². The summed E-state index contributed by atoms with van der Waals surface area (Å²) < 4.78 is 0. The summed E-state index contributed by atoms with van der Waals surface area (Å²) in [5, 5.41) is 18.5. The van der Waals surface area contributed by atoms with Gasteiger partial charge in [0.1, 0.15) is 0 Å². The van der Waals surface area contributed by atoms with Gasteiger partial charge in [-0.1, -0.05) is 13.8 Å². The molecule has 0 saturated heterocycles. The van der Waals surface area contributed by atoms with E-state index in [4.69, 9.17) is 0 Å². The molecule has 5 nitrogen and oxygen atoms in total. The van der Waals surface area contributed by atoms with Gasteiger partial charge in [-0.25, -0.2) is 0 Å². The molecule has 0 bridgehead atoms. The summed E-state index contributed by atoms with van der Waals surface area (Å²) in [6, 6.07) is 0. The van der Waals surface area contributed by atoms with Crippen LogP contribution in [0, 0.1) is 0 Å². The first-order valence-electron chi connectivity index (χ1n) is 2.94. The molecule has 0 spiro atoms. The second kappa shape index (κ2) is 17.1. The molecule has 2 N–H and O–H groups in total. The van der Waals surface area contributed by atoms with E-state index in [0.29, 0.717) is 0 Å². The van der Waals surface area contributed by atoms with Crippen LogP contribution in [0.4, 0.5) is 0 Å². The number of aliphatic carboxylic acids is 2. The first kappa shape index (κ1) is 22.6. The van der Waals surface area contributed by atoms with E-state index in [1.54, 1.807) is 0 Å². The Bertz CT molecular complexity index is 101. The largest absolute Gasteiger partial charge is 2.00 e. The standard InChI is InChI=1S/2C3H6O2.Cd.H2O/c2*1-2-3(4)5;;/h2*2H2,1H3,(H,4,5);;1H2/q;;+2;/p-2. The van der Waals surface area contributed by atoms with Gasteiger partial charge in [-0.2, -0.15) is 0 Å². The molecule has 12 heavy (non-hydrogen) atoms. The van der Waals surface area contributed by atoms with E-state index in [-0.39, 0.29) is 45.6 Å². The smallest absolute Gasteiger partial charge is 0.550 e. The minimum atomic E-state index is -0.995. The van der Waals surface area contributed by atoms with E-state index < -0.39 is 11.9 Å². The number of carboxylic acids is 2. The van der Waals surface area contributed by atoms with Crippen molar-refractivity contribution in [3.05, 3.63) is 0 Å². The fourth-order valence-corrected chi connectivity index (χ4v) is 0. The van der Waals surface area contributed by atoms with Crippen molar-refractivity contribution in [3.63, 3.8) is 0 Å². The molecule has 0 atom stereocenters. The Labute approximate surface area is 91.2 Å². The molecule has 0 rings (SSSR count). The zero-order valence-corrected chi connectivity index (χ0v) is 11.3. The number of carboxylic acid groups (broad SMARTS) is 2. The Morgan fingerprint density at radius 3 is 1.08 bits per heavy atom. The Hall–Kier alpha value is -0.178. The second-order valence-electron chi connectivity index (χ2n) is 1.45. The monoisotopic (exact) mass is 278 g/mol. The van der Waals surface area contributed by atoms with Crippen LogP contribution < -0.4 is 10.2 Å². The SMILES string of the molecule is CCC(=O)[O-].CCC(=O)[O-].O.[Cd+2]. The van der Waals surface area contributed by atoms with Crippen molar-refractivity contribution in [2.75, 3.05) is 0 Å². The van der Waals surface area contributed by atoms with Gasteiger partial charge in [0.15, 0.2) is 0 Å². The van der Waals surface area contributed by atoms with Crippen LogP contribution in [0.1, 0.15) is 26.7 Å². The van der Waals surface area contributed by atoms with Crippen molar-refractivity contribution in [1.29, 1.82) is 0 Å². The first-order chi connectivity index (χ1) is 4.54. The van der Waals surface area contributed by atoms with Crippen LogP contribution in [-0.4, -0.2) is 17.4 Å². The number of carbonyl (C=O) groups is 2. The predicted octanol–water partition coefficient (Wildman–Crippen LogP) is -2.53. The van der Waals surface area contributed by atoms with E-state index >= 15 is 0 Å². The van der Waals surface area contributed by atoms with Crippen LogP contribution in [0.2, 0.25) is 0 Å². The van der Waals surface area contributed by atoms with E-state index in [0.717, 1.165) is 0 Å². The van der Waals surface area contributed by atoms with Crippen molar-refractivity contribution in [3.8, 4) is 0 Å². The Balaban J connectivity index is -0.0000000457. The summed E-state index contributed by atoms with van der Waals surface area (Å²) in [4.78, 5) is 18.5. The van der Waals surface area contributed by atoms with Gasteiger partial charge < -0.3 is 25.3 Å². The summed E-state index contributed by atoms with van der Waals surface area (Å²) in [6.45, 7) is 3.07. The molecule has 0 aromatic heterocycles. The number of rotatable bonds is 2. The van der Waals surface area contributed by atoms with Gasteiger partial charge in [0.2, 0.25) is 0 Å². The molecule has 0 aliphatic heterocycles. The summed E-state index contributed by atoms with van der Waals surface area (Å²) in [5.74, 6) is -1.99.